The summed E-state index contributed by atoms with van der Waals surface area (Å²) in [6, 6.07) is 6.79. The summed E-state index contributed by atoms with van der Waals surface area (Å²) in [6.45, 7) is 0. The van der Waals surface area contributed by atoms with Gasteiger partial charge in [-0.15, -0.1) is 0 Å². The quantitative estimate of drug-likeness (QED) is 0.784. The topological polar surface area (TPSA) is 101 Å². The molecule has 0 fully saturated rings. The Bertz CT molecular complexity index is 577. The third-order valence-electron chi connectivity index (χ3n) is 2.57. The molecule has 0 aliphatic heterocycles. The minimum Gasteiger partial charge on any atom is -0.481 e. The van der Waals surface area contributed by atoms with Gasteiger partial charge in [0.1, 0.15) is 9.84 Å². The monoisotopic (exact) mass is 299 g/mol. The number of carbonyl (C=O) groups excluding carboxylic acids is 1. The first-order valence-electron chi connectivity index (χ1n) is 6.04. The van der Waals surface area contributed by atoms with Gasteiger partial charge in [0.25, 0.3) is 0 Å². The third kappa shape index (κ3) is 6.89. The van der Waals surface area contributed by atoms with E-state index in [9.17, 15) is 18.0 Å². The van der Waals surface area contributed by atoms with Gasteiger partial charge in [-0.05, 0) is 24.1 Å². The van der Waals surface area contributed by atoms with Gasteiger partial charge in [-0.1, -0.05) is 12.1 Å². The minimum absolute atomic E-state index is 0.0782. The number of aryl methyl sites for hydroxylation is 1. The Labute approximate surface area is 117 Å². The second kappa shape index (κ2) is 7.04. The predicted octanol–water partition coefficient (Wildman–Crippen LogP) is 1.08. The van der Waals surface area contributed by atoms with E-state index in [0.29, 0.717) is 12.1 Å². The second-order valence-corrected chi connectivity index (χ2v) is 6.78. The first kappa shape index (κ1) is 16.2. The van der Waals surface area contributed by atoms with Crippen LogP contribution in [0, 0.1) is 0 Å². The van der Waals surface area contributed by atoms with Crippen LogP contribution in [0.4, 0.5) is 5.69 Å². The highest BCUT2D eigenvalue weighted by Gasteiger charge is 2.06. The van der Waals surface area contributed by atoms with Crippen LogP contribution in [0.5, 0.6) is 0 Å². The van der Waals surface area contributed by atoms with Crippen molar-refractivity contribution in [3.63, 3.8) is 0 Å². The number of hydrogen-bond donors (Lipinski definition) is 2. The first-order valence-corrected chi connectivity index (χ1v) is 8.10. The van der Waals surface area contributed by atoms with Crippen molar-refractivity contribution in [2.45, 2.75) is 19.3 Å². The normalized spacial score (nSPS) is 11.1. The first-order chi connectivity index (χ1) is 9.26. The van der Waals surface area contributed by atoms with Gasteiger partial charge in [0, 0.05) is 18.4 Å². The maximum absolute atomic E-state index is 11.4. The Morgan fingerprint density at radius 1 is 1.15 bits per heavy atom. The van der Waals surface area contributed by atoms with Gasteiger partial charge >= 0.3 is 5.97 Å². The number of hydrogen-bond acceptors (Lipinski definition) is 4. The van der Waals surface area contributed by atoms with Crippen molar-refractivity contribution in [1.82, 2.24) is 0 Å². The van der Waals surface area contributed by atoms with Crippen LogP contribution in [0.2, 0.25) is 0 Å². The SMILES string of the molecule is CS(=O)(=O)CCc1ccc(NC(=O)CCC(=O)O)cc1. The molecule has 0 spiro atoms. The van der Waals surface area contributed by atoms with E-state index >= 15 is 0 Å². The Hall–Kier alpha value is -1.89. The van der Waals surface area contributed by atoms with Gasteiger partial charge in [0.2, 0.25) is 5.91 Å². The molecule has 7 heteroatoms. The highest BCUT2D eigenvalue weighted by atomic mass is 32.2. The van der Waals surface area contributed by atoms with Crippen molar-refractivity contribution in [3.8, 4) is 0 Å². The van der Waals surface area contributed by atoms with Crippen LogP contribution in [-0.2, 0) is 25.8 Å². The number of amides is 1. The van der Waals surface area contributed by atoms with Gasteiger partial charge in [-0.2, -0.15) is 0 Å². The predicted molar refractivity (Wildman–Crippen MR) is 75.4 cm³/mol. The number of sulfone groups is 1. The molecule has 1 rings (SSSR count). The molecule has 1 amide bonds. The molecule has 0 aliphatic rings. The molecule has 1 aromatic rings. The average Bonchev–Trinajstić information content (AvgIpc) is 2.34. The second-order valence-electron chi connectivity index (χ2n) is 4.52. The molecule has 2 N–H and O–H groups in total. The lowest BCUT2D eigenvalue weighted by molar-refractivity contribution is -0.138. The summed E-state index contributed by atoms with van der Waals surface area (Å²) in [4.78, 5) is 21.7. The molecule has 0 radical (unpaired) electrons. The molecule has 0 unspecified atom stereocenters. The number of anilines is 1. The fourth-order valence-electron chi connectivity index (χ4n) is 1.50. The molecule has 20 heavy (non-hydrogen) atoms. The Kier molecular flexibility index (Phi) is 5.69. The summed E-state index contributed by atoms with van der Waals surface area (Å²) in [5, 5.41) is 11.0. The zero-order chi connectivity index (χ0) is 15.2. The molecular formula is C13H17NO5S. The van der Waals surface area contributed by atoms with E-state index in [1.54, 1.807) is 24.3 Å². The number of benzene rings is 1. The standard InChI is InChI=1S/C13H17NO5S/c1-20(18,19)9-8-10-2-4-11(5-3-10)14-12(15)6-7-13(16)17/h2-5H,6-9H2,1H3,(H,14,15)(H,16,17). The number of carboxylic acids is 1. The smallest absolute Gasteiger partial charge is 0.303 e. The fourth-order valence-corrected chi connectivity index (χ4v) is 2.11. The van der Waals surface area contributed by atoms with E-state index in [-0.39, 0.29) is 24.5 Å². The molecular weight excluding hydrogens is 282 g/mol. The molecule has 1 aromatic carbocycles. The minimum atomic E-state index is -2.99. The summed E-state index contributed by atoms with van der Waals surface area (Å²) in [7, 11) is -2.99. The van der Waals surface area contributed by atoms with E-state index in [1.165, 1.54) is 6.26 Å². The van der Waals surface area contributed by atoms with E-state index in [1.807, 2.05) is 0 Å². The molecule has 0 saturated carbocycles. The largest absolute Gasteiger partial charge is 0.481 e. The van der Waals surface area contributed by atoms with Gasteiger partial charge in [0.05, 0.1) is 12.2 Å². The number of carboxylic acid groups (broad SMARTS) is 1. The molecule has 0 aromatic heterocycles. The molecule has 0 bridgehead atoms. The van der Waals surface area contributed by atoms with Crippen LogP contribution in [0.15, 0.2) is 24.3 Å². The molecule has 0 atom stereocenters. The van der Waals surface area contributed by atoms with Crippen molar-refractivity contribution in [2.75, 3.05) is 17.3 Å². The Morgan fingerprint density at radius 2 is 1.75 bits per heavy atom. The zero-order valence-electron chi connectivity index (χ0n) is 11.1. The fraction of sp³-hybridized carbons (Fsp3) is 0.385. The number of rotatable bonds is 7. The highest BCUT2D eigenvalue weighted by molar-refractivity contribution is 7.90. The van der Waals surface area contributed by atoms with Crippen molar-refractivity contribution < 1.29 is 23.1 Å². The molecule has 110 valence electrons. The Balaban J connectivity index is 2.50. The molecule has 0 heterocycles. The van der Waals surface area contributed by atoms with Crippen LogP contribution in [0.1, 0.15) is 18.4 Å². The lowest BCUT2D eigenvalue weighted by Crippen LogP contribution is -2.13. The summed E-state index contributed by atoms with van der Waals surface area (Å²) in [5.41, 5.74) is 1.42. The van der Waals surface area contributed by atoms with E-state index in [2.05, 4.69) is 5.32 Å². The van der Waals surface area contributed by atoms with Crippen molar-refractivity contribution >= 4 is 27.4 Å². The van der Waals surface area contributed by atoms with E-state index in [0.717, 1.165) is 5.56 Å². The summed E-state index contributed by atoms with van der Waals surface area (Å²) in [6.07, 6.45) is 1.32. The Morgan fingerprint density at radius 3 is 2.25 bits per heavy atom. The highest BCUT2D eigenvalue weighted by Crippen LogP contribution is 2.11. The molecule has 6 nitrogen and oxygen atoms in total. The maximum Gasteiger partial charge on any atom is 0.303 e. The van der Waals surface area contributed by atoms with Gasteiger partial charge in [-0.3, -0.25) is 9.59 Å². The van der Waals surface area contributed by atoms with Crippen molar-refractivity contribution in [3.05, 3.63) is 29.8 Å². The van der Waals surface area contributed by atoms with E-state index < -0.39 is 15.8 Å². The van der Waals surface area contributed by atoms with Crippen molar-refractivity contribution in [1.29, 1.82) is 0 Å². The van der Waals surface area contributed by atoms with Crippen LogP contribution >= 0.6 is 0 Å². The van der Waals surface area contributed by atoms with Gasteiger partial charge in [0.15, 0.2) is 0 Å². The number of carbonyl (C=O) groups is 2. The van der Waals surface area contributed by atoms with Gasteiger partial charge < -0.3 is 10.4 Å². The van der Waals surface area contributed by atoms with Crippen LogP contribution in [0.3, 0.4) is 0 Å². The lowest BCUT2D eigenvalue weighted by Gasteiger charge is -2.06. The lowest BCUT2D eigenvalue weighted by atomic mass is 10.1. The van der Waals surface area contributed by atoms with Gasteiger partial charge in [-0.25, -0.2) is 8.42 Å². The number of aliphatic carboxylic acids is 1. The maximum atomic E-state index is 11.4. The third-order valence-corrected chi connectivity index (χ3v) is 3.51. The summed E-state index contributed by atoms with van der Waals surface area (Å²) >= 11 is 0. The van der Waals surface area contributed by atoms with E-state index in [4.69, 9.17) is 5.11 Å². The summed E-state index contributed by atoms with van der Waals surface area (Å²) in [5.74, 6) is -1.30. The van der Waals surface area contributed by atoms with Crippen LogP contribution in [-0.4, -0.2) is 37.4 Å². The average molecular weight is 299 g/mol. The van der Waals surface area contributed by atoms with Crippen LogP contribution < -0.4 is 5.32 Å². The zero-order valence-corrected chi connectivity index (χ0v) is 11.9. The summed E-state index contributed by atoms with van der Waals surface area (Å²) < 4.78 is 22.1. The van der Waals surface area contributed by atoms with Crippen LogP contribution in [0.25, 0.3) is 0 Å². The molecule has 0 saturated heterocycles. The molecule has 0 aliphatic carbocycles. The van der Waals surface area contributed by atoms with Crippen molar-refractivity contribution in [2.24, 2.45) is 0 Å². The number of nitrogens with one attached hydrogen (secondary N) is 1.